The molecule has 2 amide bonds. The third kappa shape index (κ3) is 3.87. The molecule has 0 saturated carbocycles. The maximum atomic E-state index is 13.0. The van der Waals surface area contributed by atoms with Crippen molar-refractivity contribution >= 4 is 38.8 Å². The van der Waals surface area contributed by atoms with Crippen LogP contribution >= 0.6 is 15.9 Å². The Hall–Kier alpha value is -2.02. The number of hydrogen-bond acceptors (Lipinski definition) is 3. The van der Waals surface area contributed by atoms with E-state index in [1.165, 1.54) is 0 Å². The first-order chi connectivity index (χ1) is 12.2. The maximum Gasteiger partial charge on any atom is 0.410 e. The monoisotopic (exact) mass is 421 g/mol. The fraction of sp³-hybridized carbons (Fsp3) is 0.474. The second-order valence-electron chi connectivity index (χ2n) is 7.57. The van der Waals surface area contributed by atoms with Gasteiger partial charge in [0.1, 0.15) is 5.60 Å². The second kappa shape index (κ2) is 6.95. The molecule has 26 heavy (non-hydrogen) atoms. The zero-order valence-corrected chi connectivity index (χ0v) is 17.2. The van der Waals surface area contributed by atoms with Gasteiger partial charge in [0, 0.05) is 54.8 Å². The predicted octanol–water partition coefficient (Wildman–Crippen LogP) is 3.63. The Morgan fingerprint density at radius 2 is 1.69 bits per heavy atom. The Balaban J connectivity index is 1.71. The fourth-order valence-corrected chi connectivity index (χ4v) is 3.47. The summed E-state index contributed by atoms with van der Waals surface area (Å²) in [5.41, 5.74) is 1.19. The van der Waals surface area contributed by atoms with E-state index in [2.05, 4.69) is 15.9 Å². The van der Waals surface area contributed by atoms with Crippen LogP contribution in [0.2, 0.25) is 0 Å². The molecule has 140 valence electrons. The largest absolute Gasteiger partial charge is 0.444 e. The molecule has 0 radical (unpaired) electrons. The highest BCUT2D eigenvalue weighted by Crippen LogP contribution is 2.26. The Labute approximate surface area is 161 Å². The summed E-state index contributed by atoms with van der Waals surface area (Å²) in [4.78, 5) is 28.6. The van der Waals surface area contributed by atoms with Crippen molar-refractivity contribution in [3.63, 3.8) is 0 Å². The number of fused-ring (bicyclic) bond motifs is 1. The zero-order valence-electron chi connectivity index (χ0n) is 15.6. The SMILES string of the molecule is Cn1cc(C(=O)N2CCN(C(=O)OC(C)(C)C)CC2)c2ccc(Br)cc21. The van der Waals surface area contributed by atoms with Crippen molar-refractivity contribution in [1.82, 2.24) is 14.4 Å². The number of ether oxygens (including phenoxy) is 1. The summed E-state index contributed by atoms with van der Waals surface area (Å²) in [6.45, 7) is 7.53. The quantitative estimate of drug-likeness (QED) is 0.706. The number of carbonyl (C=O) groups excluding carboxylic acids is 2. The molecule has 0 atom stereocenters. The molecule has 0 aliphatic carbocycles. The number of aryl methyl sites for hydroxylation is 1. The van der Waals surface area contributed by atoms with E-state index >= 15 is 0 Å². The predicted molar refractivity (Wildman–Crippen MR) is 104 cm³/mol. The third-order valence-corrected chi connectivity index (χ3v) is 4.89. The summed E-state index contributed by atoms with van der Waals surface area (Å²) in [7, 11) is 1.94. The van der Waals surface area contributed by atoms with Gasteiger partial charge in [0.15, 0.2) is 0 Å². The molecule has 1 fully saturated rings. The summed E-state index contributed by atoms with van der Waals surface area (Å²) in [6, 6.07) is 5.91. The van der Waals surface area contributed by atoms with Crippen LogP contribution in [0.25, 0.3) is 10.9 Å². The molecule has 0 bridgehead atoms. The molecule has 0 N–H and O–H groups in total. The summed E-state index contributed by atoms with van der Waals surface area (Å²) in [5, 5.41) is 0.940. The van der Waals surface area contributed by atoms with Gasteiger partial charge in [-0.2, -0.15) is 0 Å². The van der Waals surface area contributed by atoms with E-state index in [9.17, 15) is 9.59 Å². The number of aromatic nitrogens is 1. The Morgan fingerprint density at radius 1 is 1.08 bits per heavy atom. The third-order valence-electron chi connectivity index (χ3n) is 4.40. The average Bonchev–Trinajstić information content (AvgIpc) is 2.89. The van der Waals surface area contributed by atoms with Gasteiger partial charge >= 0.3 is 6.09 Å². The number of hydrogen-bond donors (Lipinski definition) is 0. The lowest BCUT2D eigenvalue weighted by atomic mass is 10.1. The Bertz CT molecular complexity index is 846. The van der Waals surface area contributed by atoms with Crippen molar-refractivity contribution in [2.45, 2.75) is 26.4 Å². The molecule has 2 aromatic rings. The van der Waals surface area contributed by atoms with Gasteiger partial charge in [-0.3, -0.25) is 4.79 Å². The highest BCUT2D eigenvalue weighted by molar-refractivity contribution is 9.10. The molecule has 0 spiro atoms. The van der Waals surface area contributed by atoms with Crippen LogP contribution in [0.5, 0.6) is 0 Å². The number of piperazine rings is 1. The van der Waals surface area contributed by atoms with Gasteiger partial charge in [-0.1, -0.05) is 22.0 Å². The molecule has 1 aromatic heterocycles. The lowest BCUT2D eigenvalue weighted by molar-refractivity contribution is 0.0141. The first-order valence-corrected chi connectivity index (χ1v) is 9.47. The lowest BCUT2D eigenvalue weighted by Crippen LogP contribution is -2.51. The van der Waals surface area contributed by atoms with Crippen LogP contribution in [0.3, 0.4) is 0 Å². The molecular formula is C19H24BrN3O3. The van der Waals surface area contributed by atoms with E-state index in [-0.39, 0.29) is 12.0 Å². The van der Waals surface area contributed by atoms with Gasteiger partial charge in [-0.15, -0.1) is 0 Å². The highest BCUT2D eigenvalue weighted by Gasteiger charge is 2.29. The number of benzene rings is 1. The number of rotatable bonds is 1. The topological polar surface area (TPSA) is 54.8 Å². The van der Waals surface area contributed by atoms with E-state index in [1.54, 1.807) is 9.80 Å². The summed E-state index contributed by atoms with van der Waals surface area (Å²) in [5.74, 6) is 0.00163. The molecule has 3 rings (SSSR count). The molecule has 0 unspecified atom stereocenters. The van der Waals surface area contributed by atoms with Crippen LogP contribution in [0, 0.1) is 0 Å². The normalized spacial score (nSPS) is 15.4. The average molecular weight is 422 g/mol. The molecule has 1 aromatic carbocycles. The van der Waals surface area contributed by atoms with Gasteiger partial charge in [0.25, 0.3) is 5.91 Å². The van der Waals surface area contributed by atoms with E-state index < -0.39 is 5.60 Å². The van der Waals surface area contributed by atoms with Crippen molar-refractivity contribution in [3.8, 4) is 0 Å². The Kier molecular flexibility index (Phi) is 5.01. The number of carbonyl (C=O) groups is 2. The minimum atomic E-state index is -0.513. The lowest BCUT2D eigenvalue weighted by Gasteiger charge is -2.35. The summed E-state index contributed by atoms with van der Waals surface area (Å²) < 4.78 is 8.35. The van der Waals surface area contributed by atoms with Gasteiger partial charge in [0.05, 0.1) is 5.56 Å². The molecule has 7 heteroatoms. The van der Waals surface area contributed by atoms with Crippen LogP contribution in [0.1, 0.15) is 31.1 Å². The minimum Gasteiger partial charge on any atom is -0.444 e. The van der Waals surface area contributed by atoms with E-state index in [0.29, 0.717) is 31.7 Å². The summed E-state index contributed by atoms with van der Waals surface area (Å²) in [6.07, 6.45) is 1.55. The number of halogens is 1. The minimum absolute atomic E-state index is 0.00163. The van der Waals surface area contributed by atoms with Crippen molar-refractivity contribution in [3.05, 3.63) is 34.4 Å². The van der Waals surface area contributed by atoms with Crippen LogP contribution in [-0.4, -0.2) is 58.1 Å². The van der Waals surface area contributed by atoms with Gasteiger partial charge in [-0.05, 0) is 32.9 Å². The van der Waals surface area contributed by atoms with Crippen molar-refractivity contribution in [2.24, 2.45) is 7.05 Å². The van der Waals surface area contributed by atoms with Gasteiger partial charge in [-0.25, -0.2) is 4.79 Å². The first kappa shape index (κ1) is 18.8. The van der Waals surface area contributed by atoms with Crippen molar-refractivity contribution in [1.29, 1.82) is 0 Å². The molecule has 2 heterocycles. The van der Waals surface area contributed by atoms with Crippen molar-refractivity contribution < 1.29 is 14.3 Å². The van der Waals surface area contributed by atoms with E-state index in [0.717, 1.165) is 15.4 Å². The van der Waals surface area contributed by atoms with Crippen LogP contribution in [-0.2, 0) is 11.8 Å². The zero-order chi connectivity index (χ0) is 19.1. The van der Waals surface area contributed by atoms with Crippen LogP contribution < -0.4 is 0 Å². The van der Waals surface area contributed by atoms with E-state index in [1.807, 2.05) is 56.8 Å². The molecule has 1 aliphatic heterocycles. The standard InChI is InChI=1S/C19H24BrN3O3/c1-19(2,3)26-18(25)23-9-7-22(8-10-23)17(24)15-12-21(4)16-11-13(20)5-6-14(15)16/h5-6,11-12H,7-10H2,1-4H3. The first-order valence-electron chi connectivity index (χ1n) is 8.67. The maximum absolute atomic E-state index is 13.0. The summed E-state index contributed by atoms with van der Waals surface area (Å²) >= 11 is 3.47. The number of nitrogens with zero attached hydrogens (tertiary/aromatic N) is 3. The Morgan fingerprint density at radius 3 is 2.31 bits per heavy atom. The van der Waals surface area contributed by atoms with Crippen LogP contribution in [0.4, 0.5) is 4.79 Å². The van der Waals surface area contributed by atoms with Crippen molar-refractivity contribution in [2.75, 3.05) is 26.2 Å². The smallest absolute Gasteiger partial charge is 0.410 e. The molecule has 6 nitrogen and oxygen atoms in total. The van der Waals surface area contributed by atoms with Gasteiger partial charge in [0.2, 0.25) is 0 Å². The van der Waals surface area contributed by atoms with E-state index in [4.69, 9.17) is 4.74 Å². The number of amides is 2. The van der Waals surface area contributed by atoms with Gasteiger partial charge < -0.3 is 19.1 Å². The highest BCUT2D eigenvalue weighted by atomic mass is 79.9. The second-order valence-corrected chi connectivity index (χ2v) is 8.49. The molecule has 1 aliphatic rings. The molecule has 1 saturated heterocycles. The molecular weight excluding hydrogens is 398 g/mol. The van der Waals surface area contributed by atoms with Crippen LogP contribution in [0.15, 0.2) is 28.9 Å². The fourth-order valence-electron chi connectivity index (χ4n) is 3.12.